The fraction of sp³-hybridized carbons (Fsp3) is 0.0938. The Morgan fingerprint density at radius 3 is 2.34 bits per heavy atom. The summed E-state index contributed by atoms with van der Waals surface area (Å²) in [6.45, 7) is 0. The number of thioether (sulfide) groups is 1. The highest BCUT2D eigenvalue weighted by molar-refractivity contribution is 8.00. The lowest BCUT2D eigenvalue weighted by molar-refractivity contribution is -0.384. The average molecular weight is 627 g/mol. The number of carbonyl (C=O) groups excluding carboxylic acids is 2. The van der Waals surface area contributed by atoms with Crippen LogP contribution in [0, 0.1) is 10.1 Å². The van der Waals surface area contributed by atoms with E-state index in [1.807, 2.05) is 42.5 Å². The number of nitro benzene ring substituents is 1. The van der Waals surface area contributed by atoms with Crippen LogP contribution >= 0.6 is 23.1 Å². The molecule has 1 atom stereocenters. The Morgan fingerprint density at radius 1 is 0.886 bits per heavy atom. The number of nitrogens with one attached hydrogen (secondary N) is 2. The van der Waals surface area contributed by atoms with E-state index >= 15 is 0 Å². The lowest BCUT2D eigenvalue weighted by atomic mass is 10.1. The third kappa shape index (κ3) is 7.22. The zero-order valence-electron chi connectivity index (χ0n) is 23.6. The molecule has 5 rings (SSSR count). The van der Waals surface area contributed by atoms with Gasteiger partial charge in [0.2, 0.25) is 5.91 Å². The molecule has 1 unspecified atom stereocenters. The number of carbonyl (C=O) groups is 2. The Hall–Kier alpha value is -5.20. The van der Waals surface area contributed by atoms with Gasteiger partial charge < -0.3 is 20.1 Å². The SMILES string of the molecule is COc1ccc(C(=O)Nc2ccc(SC(C(=O)Nc3nc(-c4cccc([N+](=O)[O-])c4)cs3)c3ccccc3)cc2)cc1OC. The van der Waals surface area contributed by atoms with Crippen molar-refractivity contribution in [1.82, 2.24) is 4.98 Å². The van der Waals surface area contributed by atoms with Crippen LogP contribution < -0.4 is 20.1 Å². The van der Waals surface area contributed by atoms with E-state index in [2.05, 4.69) is 15.6 Å². The minimum atomic E-state index is -0.603. The third-order valence-electron chi connectivity index (χ3n) is 6.44. The van der Waals surface area contributed by atoms with Crippen LogP contribution in [0.15, 0.2) is 107 Å². The molecule has 0 aliphatic heterocycles. The van der Waals surface area contributed by atoms with Crippen molar-refractivity contribution < 1.29 is 24.0 Å². The van der Waals surface area contributed by atoms with Crippen LogP contribution in [0.5, 0.6) is 11.5 Å². The number of aromatic nitrogens is 1. The maximum Gasteiger partial charge on any atom is 0.270 e. The highest BCUT2D eigenvalue weighted by Crippen LogP contribution is 2.37. The number of hydrogen-bond acceptors (Lipinski definition) is 9. The second-order valence-corrected chi connectivity index (χ2v) is 11.3. The maximum absolute atomic E-state index is 13.5. The molecule has 1 aromatic heterocycles. The number of amides is 2. The molecular weight excluding hydrogens is 601 g/mol. The molecule has 0 aliphatic carbocycles. The lowest BCUT2D eigenvalue weighted by Crippen LogP contribution is -2.19. The van der Waals surface area contributed by atoms with Crippen molar-refractivity contribution in [2.75, 3.05) is 24.9 Å². The van der Waals surface area contributed by atoms with Crippen LogP contribution in [-0.2, 0) is 4.79 Å². The summed E-state index contributed by atoms with van der Waals surface area (Å²) in [5.41, 5.74) is 2.89. The van der Waals surface area contributed by atoms with Crippen LogP contribution in [0.1, 0.15) is 21.2 Å². The zero-order chi connectivity index (χ0) is 31.1. The van der Waals surface area contributed by atoms with Gasteiger partial charge in [-0.2, -0.15) is 0 Å². The van der Waals surface area contributed by atoms with E-state index in [4.69, 9.17) is 9.47 Å². The van der Waals surface area contributed by atoms with E-state index in [-0.39, 0.29) is 17.5 Å². The Balaban J connectivity index is 1.29. The van der Waals surface area contributed by atoms with Crippen molar-refractivity contribution >= 4 is 51.4 Å². The predicted octanol–water partition coefficient (Wildman–Crippen LogP) is 7.46. The standard InChI is InChI=1S/C32H26N4O6S2/c1-41-27-16-11-22(18-28(27)42-2)30(37)33-23-12-14-25(15-13-23)44-29(20-7-4-3-5-8-20)31(38)35-32-34-26(19-43-32)21-9-6-10-24(17-21)36(39)40/h3-19,29H,1-2H3,(H,33,37)(H,34,35,38). The summed E-state index contributed by atoms with van der Waals surface area (Å²) in [6.07, 6.45) is 0. The topological polar surface area (TPSA) is 133 Å². The minimum absolute atomic E-state index is 0.0341. The zero-order valence-corrected chi connectivity index (χ0v) is 25.2. The molecule has 2 N–H and O–H groups in total. The molecule has 0 aliphatic rings. The van der Waals surface area contributed by atoms with Crippen molar-refractivity contribution in [2.45, 2.75) is 10.1 Å². The van der Waals surface area contributed by atoms with E-state index in [1.165, 1.54) is 49.5 Å². The molecule has 5 aromatic rings. The number of rotatable bonds is 11. The second kappa shape index (κ2) is 13.8. The van der Waals surface area contributed by atoms with Crippen LogP contribution in [0.4, 0.5) is 16.5 Å². The summed E-state index contributed by atoms with van der Waals surface area (Å²) in [5.74, 6) is 0.406. The fourth-order valence-electron chi connectivity index (χ4n) is 4.25. The molecule has 0 fully saturated rings. The molecule has 0 radical (unpaired) electrons. The molecule has 0 spiro atoms. The molecule has 1 heterocycles. The molecule has 4 aromatic carbocycles. The number of nitro groups is 1. The van der Waals surface area contributed by atoms with Gasteiger partial charge in [-0.1, -0.05) is 42.5 Å². The minimum Gasteiger partial charge on any atom is -0.493 e. The Kier molecular flexibility index (Phi) is 9.52. The van der Waals surface area contributed by atoms with Crippen molar-refractivity contribution in [3.05, 3.63) is 124 Å². The molecule has 2 amide bonds. The molecule has 44 heavy (non-hydrogen) atoms. The molecule has 10 nitrogen and oxygen atoms in total. The molecule has 12 heteroatoms. The molecule has 222 valence electrons. The number of anilines is 2. The van der Waals surface area contributed by atoms with E-state index in [0.29, 0.717) is 39.1 Å². The third-order valence-corrected chi connectivity index (χ3v) is 8.46. The van der Waals surface area contributed by atoms with Crippen LogP contribution in [0.25, 0.3) is 11.3 Å². The van der Waals surface area contributed by atoms with Gasteiger partial charge in [0.1, 0.15) is 5.25 Å². The number of non-ortho nitro benzene ring substituents is 1. The highest BCUT2D eigenvalue weighted by Gasteiger charge is 2.23. The first-order valence-corrected chi connectivity index (χ1v) is 15.0. The van der Waals surface area contributed by atoms with E-state index in [0.717, 1.165) is 10.5 Å². The maximum atomic E-state index is 13.5. The number of nitrogens with zero attached hydrogens (tertiary/aromatic N) is 2. The van der Waals surface area contributed by atoms with Gasteiger partial charge >= 0.3 is 0 Å². The quantitative estimate of drug-likeness (QED) is 0.0877. The van der Waals surface area contributed by atoms with Gasteiger partial charge in [-0.05, 0) is 48.0 Å². The van der Waals surface area contributed by atoms with Crippen molar-refractivity contribution in [3.63, 3.8) is 0 Å². The predicted molar refractivity (Wildman–Crippen MR) is 172 cm³/mol. The first-order chi connectivity index (χ1) is 21.3. The van der Waals surface area contributed by atoms with Gasteiger partial charge in [0, 0.05) is 39.2 Å². The number of thiazole rings is 1. The first-order valence-electron chi connectivity index (χ1n) is 13.2. The summed E-state index contributed by atoms with van der Waals surface area (Å²) in [6, 6.07) is 27.7. The Morgan fingerprint density at radius 2 is 1.64 bits per heavy atom. The molecule has 0 saturated heterocycles. The summed E-state index contributed by atoms with van der Waals surface area (Å²) in [7, 11) is 3.04. The first kappa shape index (κ1) is 30.3. The molecular formula is C32H26N4O6S2. The normalized spacial score (nSPS) is 11.3. The summed E-state index contributed by atoms with van der Waals surface area (Å²) < 4.78 is 10.5. The number of benzene rings is 4. The largest absolute Gasteiger partial charge is 0.493 e. The summed E-state index contributed by atoms with van der Waals surface area (Å²) >= 11 is 2.60. The van der Waals surface area contributed by atoms with Gasteiger partial charge in [0.25, 0.3) is 11.6 Å². The summed E-state index contributed by atoms with van der Waals surface area (Å²) in [5, 5.41) is 18.5. The van der Waals surface area contributed by atoms with Gasteiger partial charge in [-0.3, -0.25) is 19.7 Å². The monoisotopic (exact) mass is 626 g/mol. The molecule has 0 bridgehead atoms. The van der Waals surface area contributed by atoms with Crippen molar-refractivity contribution in [2.24, 2.45) is 0 Å². The van der Waals surface area contributed by atoms with Crippen molar-refractivity contribution in [3.8, 4) is 22.8 Å². The summed E-state index contributed by atoms with van der Waals surface area (Å²) in [4.78, 5) is 42.4. The molecule has 0 saturated carbocycles. The Bertz CT molecular complexity index is 1790. The fourth-order valence-corrected chi connectivity index (χ4v) is 6.00. The van der Waals surface area contributed by atoms with Crippen LogP contribution in [0.3, 0.4) is 0 Å². The van der Waals surface area contributed by atoms with E-state index < -0.39 is 10.2 Å². The number of ether oxygens (including phenoxy) is 2. The van der Waals surface area contributed by atoms with Crippen LogP contribution in [0.2, 0.25) is 0 Å². The number of hydrogen-bond donors (Lipinski definition) is 2. The van der Waals surface area contributed by atoms with Gasteiger partial charge in [-0.25, -0.2) is 4.98 Å². The van der Waals surface area contributed by atoms with Gasteiger partial charge in [0.15, 0.2) is 16.6 Å². The highest BCUT2D eigenvalue weighted by atomic mass is 32.2. The van der Waals surface area contributed by atoms with Gasteiger partial charge in [0.05, 0.1) is 24.8 Å². The number of methoxy groups -OCH3 is 2. The van der Waals surface area contributed by atoms with E-state index in [9.17, 15) is 19.7 Å². The lowest BCUT2D eigenvalue weighted by Gasteiger charge is -2.16. The van der Waals surface area contributed by atoms with Crippen LogP contribution in [-0.4, -0.2) is 35.9 Å². The smallest absolute Gasteiger partial charge is 0.270 e. The van der Waals surface area contributed by atoms with Gasteiger partial charge in [-0.15, -0.1) is 23.1 Å². The van der Waals surface area contributed by atoms with Crippen molar-refractivity contribution in [1.29, 1.82) is 0 Å². The average Bonchev–Trinajstić information content (AvgIpc) is 3.52. The second-order valence-electron chi connectivity index (χ2n) is 9.29. The van der Waals surface area contributed by atoms with E-state index in [1.54, 1.807) is 47.8 Å². The Labute approximate surface area is 261 Å².